The summed E-state index contributed by atoms with van der Waals surface area (Å²) < 4.78 is 0. The van der Waals surface area contributed by atoms with E-state index in [9.17, 15) is 0 Å². The molecule has 16 nitrogen and oxygen atoms in total. The van der Waals surface area contributed by atoms with E-state index in [2.05, 4.69) is 82.5 Å². The minimum Gasteiger partial charge on any atom is -0.177 e. The number of rotatable bonds is 4. The van der Waals surface area contributed by atoms with Crippen LogP contribution in [0, 0.1) is 0 Å². The van der Waals surface area contributed by atoms with Crippen molar-refractivity contribution in [1.29, 1.82) is 0 Å². The van der Waals surface area contributed by atoms with Crippen LogP contribution in [-0.4, -0.2) is 82.5 Å². The molecule has 0 aliphatic heterocycles. The van der Waals surface area contributed by atoms with Crippen LogP contribution in [0.4, 0.5) is 0 Å². The summed E-state index contributed by atoms with van der Waals surface area (Å²) in [7, 11) is 0. The molecule has 0 spiro atoms. The van der Waals surface area contributed by atoms with E-state index < -0.39 is 21.7 Å². The van der Waals surface area contributed by atoms with Gasteiger partial charge in [-0.3, -0.25) is 0 Å². The Morgan fingerprint density at radius 3 is 0.800 bits per heavy atom. The van der Waals surface area contributed by atoms with Crippen molar-refractivity contribution >= 4 is 0 Å². The maximum absolute atomic E-state index is 4.40. The van der Waals surface area contributed by atoms with Gasteiger partial charge in [0.2, 0.25) is 0 Å². The highest BCUT2D eigenvalue weighted by molar-refractivity contribution is 5.39. The Kier molecular flexibility index (Phi) is 2.72. The number of hydrogen-bond acceptors (Lipinski definition) is 12. The Morgan fingerprint density at radius 2 is 0.633 bits per heavy atom. The van der Waals surface area contributed by atoms with E-state index >= 15 is 0 Å². The molecule has 0 atom stereocenters. The van der Waals surface area contributed by atoms with Crippen molar-refractivity contribution in [1.82, 2.24) is 82.5 Å². The number of nitrogens with zero attached hydrogens (tertiary/aromatic N) is 12. The lowest BCUT2D eigenvalue weighted by molar-refractivity contribution is -0.0813. The van der Waals surface area contributed by atoms with Crippen molar-refractivity contribution in [3.63, 3.8) is 0 Å². The second kappa shape index (κ2) is 5.06. The molecule has 4 aliphatic rings. The van der Waals surface area contributed by atoms with Crippen LogP contribution in [-0.2, 0) is 21.7 Å². The van der Waals surface area contributed by atoms with Crippen LogP contribution >= 0.6 is 0 Å². The molecule has 4 N–H and O–H groups in total. The van der Waals surface area contributed by atoms with Gasteiger partial charge >= 0.3 is 0 Å². The molecule has 0 aromatic carbocycles. The highest BCUT2D eigenvalue weighted by Gasteiger charge is 2.73. The SMILES string of the molecule is C1C2(c3nn[nH]n3)CC3(c4nn[nH]n4)CC1(c1nn[nH]n1)CC(c1nn[nH]n1)(C2)C3. The van der Waals surface area contributed by atoms with Crippen LogP contribution in [0.3, 0.4) is 0 Å². The first kappa shape index (κ1) is 16.1. The summed E-state index contributed by atoms with van der Waals surface area (Å²) in [4.78, 5) is 0. The molecular weight excluding hydrogens is 392 g/mol. The van der Waals surface area contributed by atoms with E-state index in [4.69, 9.17) is 0 Å². The number of H-pyrrole nitrogens is 4. The minimum absolute atomic E-state index is 0.413. The van der Waals surface area contributed by atoms with Gasteiger partial charge in [0.1, 0.15) is 0 Å². The summed E-state index contributed by atoms with van der Waals surface area (Å²) in [5, 5.41) is 61.1. The lowest BCUT2D eigenvalue weighted by Crippen LogP contribution is -2.68. The molecule has 16 heteroatoms. The highest BCUT2D eigenvalue weighted by Crippen LogP contribution is 2.73. The van der Waals surface area contributed by atoms with Gasteiger partial charge in [-0.1, -0.05) is 20.9 Å². The van der Waals surface area contributed by atoms with Crippen LogP contribution in [0.5, 0.6) is 0 Å². The molecule has 152 valence electrons. The van der Waals surface area contributed by atoms with Gasteiger partial charge < -0.3 is 0 Å². The first-order chi connectivity index (χ1) is 14.7. The van der Waals surface area contributed by atoms with Crippen molar-refractivity contribution in [3.8, 4) is 0 Å². The number of aromatic amines is 4. The topological polar surface area (TPSA) is 218 Å². The Hall–Kier alpha value is -3.72. The fraction of sp³-hybridized carbons (Fsp3) is 0.714. The molecule has 0 saturated heterocycles. The van der Waals surface area contributed by atoms with Gasteiger partial charge in [0, 0.05) is 21.7 Å². The molecule has 4 aliphatic carbocycles. The summed E-state index contributed by atoms with van der Waals surface area (Å²) >= 11 is 0. The van der Waals surface area contributed by atoms with Crippen molar-refractivity contribution in [2.45, 2.75) is 60.2 Å². The fourth-order valence-corrected chi connectivity index (χ4v) is 7.13. The van der Waals surface area contributed by atoms with Gasteiger partial charge in [-0.2, -0.15) is 20.9 Å². The smallest absolute Gasteiger partial charge is 0.177 e. The van der Waals surface area contributed by atoms with Crippen LogP contribution in [0.15, 0.2) is 0 Å². The first-order valence-corrected chi connectivity index (χ1v) is 9.62. The zero-order valence-electron chi connectivity index (χ0n) is 15.6. The van der Waals surface area contributed by atoms with Gasteiger partial charge in [0.05, 0.1) is 0 Å². The molecule has 30 heavy (non-hydrogen) atoms. The molecule has 8 rings (SSSR count). The summed E-state index contributed by atoms with van der Waals surface area (Å²) in [5.41, 5.74) is -1.65. The number of hydrogen-bond donors (Lipinski definition) is 4. The lowest BCUT2D eigenvalue weighted by atomic mass is 9.34. The molecule has 4 aromatic heterocycles. The number of nitrogens with one attached hydrogen (secondary N) is 4. The van der Waals surface area contributed by atoms with Crippen LogP contribution in [0.1, 0.15) is 61.8 Å². The van der Waals surface area contributed by atoms with E-state index in [0.29, 0.717) is 23.3 Å². The van der Waals surface area contributed by atoms with Gasteiger partial charge in [-0.25, -0.2) is 0 Å². The van der Waals surface area contributed by atoms with E-state index in [1.165, 1.54) is 0 Å². The van der Waals surface area contributed by atoms with Gasteiger partial charge in [0.15, 0.2) is 23.3 Å². The monoisotopic (exact) mass is 408 g/mol. The standard InChI is InChI=1S/C14H16N16/c1-11(7-15-23-24-16-7)2-13(9-19-27-28-20-9)4-12(1,8-17-25-26-18-8)5-14(3-11,6-13)10-21-29-30-22-10/h1-6H2,(H,15,16,23,24)(H,17,18,25,26)(H,19,20,27,28)(H,21,22,29,30). The average molecular weight is 408 g/mol. The van der Waals surface area contributed by atoms with Crippen molar-refractivity contribution in [3.05, 3.63) is 23.3 Å². The quantitative estimate of drug-likeness (QED) is 0.293. The summed E-state index contributed by atoms with van der Waals surface area (Å²) in [5.74, 6) is 2.65. The Bertz CT molecular complexity index is 937. The number of tetrazole rings is 4. The Labute approximate surface area is 166 Å². The van der Waals surface area contributed by atoms with Crippen molar-refractivity contribution in [2.75, 3.05) is 0 Å². The third kappa shape index (κ3) is 1.85. The van der Waals surface area contributed by atoms with Gasteiger partial charge in [-0.05, 0) is 38.5 Å². The Morgan fingerprint density at radius 1 is 0.400 bits per heavy atom. The third-order valence-electron chi connectivity index (χ3n) is 7.34. The molecule has 4 saturated carbocycles. The molecular formula is C14H16N16. The number of aromatic nitrogens is 16. The van der Waals surface area contributed by atoms with E-state index in [-0.39, 0.29) is 0 Å². The predicted octanol–water partition coefficient (Wildman–Crippen LogP) is -1.83. The molecule has 4 heterocycles. The molecule has 4 bridgehead atoms. The maximum Gasteiger partial charge on any atom is 0.180 e. The zero-order chi connectivity index (χ0) is 19.9. The molecule has 0 amide bonds. The highest BCUT2D eigenvalue weighted by atomic mass is 15.5. The van der Waals surface area contributed by atoms with Crippen molar-refractivity contribution in [2.24, 2.45) is 0 Å². The third-order valence-corrected chi connectivity index (χ3v) is 7.34. The molecule has 0 radical (unpaired) electrons. The van der Waals surface area contributed by atoms with Crippen LogP contribution in [0.25, 0.3) is 0 Å². The summed E-state index contributed by atoms with van der Waals surface area (Å²) in [6.45, 7) is 0. The van der Waals surface area contributed by atoms with Gasteiger partial charge in [-0.15, -0.1) is 40.8 Å². The lowest BCUT2D eigenvalue weighted by Gasteiger charge is -2.67. The molecule has 0 unspecified atom stereocenters. The van der Waals surface area contributed by atoms with Crippen molar-refractivity contribution < 1.29 is 0 Å². The average Bonchev–Trinajstić information content (AvgIpc) is 3.56. The van der Waals surface area contributed by atoms with E-state index in [0.717, 1.165) is 38.5 Å². The summed E-state index contributed by atoms with van der Waals surface area (Å²) in [6.07, 6.45) is 4.57. The summed E-state index contributed by atoms with van der Waals surface area (Å²) in [6, 6.07) is 0. The molecule has 4 fully saturated rings. The second-order valence-corrected chi connectivity index (χ2v) is 9.12. The second-order valence-electron chi connectivity index (χ2n) is 9.12. The largest absolute Gasteiger partial charge is 0.180 e. The van der Waals surface area contributed by atoms with Gasteiger partial charge in [0.25, 0.3) is 0 Å². The van der Waals surface area contributed by atoms with Crippen LogP contribution < -0.4 is 0 Å². The fourth-order valence-electron chi connectivity index (χ4n) is 7.13. The molecule has 4 aromatic rings. The zero-order valence-corrected chi connectivity index (χ0v) is 15.6. The van der Waals surface area contributed by atoms with E-state index in [1.54, 1.807) is 0 Å². The normalized spacial score (nSPS) is 37.1. The maximum atomic E-state index is 4.40. The Balaban J connectivity index is 1.53. The van der Waals surface area contributed by atoms with Crippen LogP contribution in [0.2, 0.25) is 0 Å². The van der Waals surface area contributed by atoms with E-state index in [1.807, 2.05) is 0 Å². The minimum atomic E-state index is -0.413. The first-order valence-electron chi connectivity index (χ1n) is 9.62. The predicted molar refractivity (Wildman–Crippen MR) is 91.1 cm³/mol.